The summed E-state index contributed by atoms with van der Waals surface area (Å²) in [6.07, 6.45) is 1.84. The van der Waals surface area contributed by atoms with E-state index >= 15 is 4.39 Å². The number of benzene rings is 1. The number of hydrogen-bond donors (Lipinski definition) is 3. The highest BCUT2D eigenvalue weighted by molar-refractivity contribution is 5.83. The molecule has 11 heteroatoms. The van der Waals surface area contributed by atoms with Crippen LogP contribution >= 0.6 is 0 Å². The maximum absolute atomic E-state index is 15.1. The molecule has 0 aliphatic carbocycles. The summed E-state index contributed by atoms with van der Waals surface area (Å²) in [5, 5.41) is 11.9. The molecule has 0 amide bonds. The van der Waals surface area contributed by atoms with E-state index in [1.807, 2.05) is 44.4 Å². The molecule has 0 bridgehead atoms. The van der Waals surface area contributed by atoms with Crippen LogP contribution in [0.1, 0.15) is 37.9 Å². The lowest BCUT2D eigenvalue weighted by molar-refractivity contribution is 0.142. The molecule has 0 saturated carbocycles. The molecule has 3 aromatic heterocycles. The number of aryl methyl sites for hydroxylation is 1. The topological polar surface area (TPSA) is 104 Å². The van der Waals surface area contributed by atoms with Crippen LogP contribution in [0.5, 0.6) is 0 Å². The van der Waals surface area contributed by atoms with Crippen LogP contribution in [0, 0.1) is 18.6 Å². The highest BCUT2D eigenvalue weighted by Gasteiger charge is 2.23. The van der Waals surface area contributed by atoms with Gasteiger partial charge >= 0.3 is 0 Å². The van der Waals surface area contributed by atoms with Gasteiger partial charge in [-0.15, -0.1) is 0 Å². The van der Waals surface area contributed by atoms with Crippen LogP contribution in [-0.2, 0) is 18.5 Å². The molecule has 9 nitrogen and oxygen atoms in total. The summed E-state index contributed by atoms with van der Waals surface area (Å²) >= 11 is 0. The lowest BCUT2D eigenvalue weighted by atomic mass is 10.1. The first-order chi connectivity index (χ1) is 17.6. The minimum Gasteiger partial charge on any atom is -0.323 e. The third-order valence-corrected chi connectivity index (χ3v) is 6.48. The van der Waals surface area contributed by atoms with Gasteiger partial charge in [-0.3, -0.25) is 4.90 Å². The summed E-state index contributed by atoms with van der Waals surface area (Å²) < 4.78 is 31.9. The zero-order valence-electron chi connectivity index (χ0n) is 21.3. The Balaban J connectivity index is 1.45. The molecule has 1 aliphatic rings. The number of nitrogens with one attached hydrogen (secondary N) is 2. The Bertz CT molecular complexity index is 1460. The van der Waals surface area contributed by atoms with Crippen LogP contribution in [0.3, 0.4) is 0 Å². The third kappa shape index (κ3) is 5.02. The van der Waals surface area contributed by atoms with Gasteiger partial charge in [0, 0.05) is 49.4 Å². The van der Waals surface area contributed by atoms with Gasteiger partial charge in [0.1, 0.15) is 22.9 Å². The zero-order chi connectivity index (χ0) is 26.3. The minimum atomic E-state index is -0.654. The first-order valence-electron chi connectivity index (χ1n) is 12.2. The fraction of sp³-hybridized carbons (Fsp3) is 0.385. The molecule has 5 rings (SSSR count). The molecule has 0 spiro atoms. The van der Waals surface area contributed by atoms with Crippen molar-refractivity contribution in [2.24, 2.45) is 0 Å². The first-order valence-corrected chi connectivity index (χ1v) is 12.2. The van der Waals surface area contributed by atoms with E-state index < -0.39 is 11.6 Å². The van der Waals surface area contributed by atoms with Crippen molar-refractivity contribution >= 4 is 22.8 Å². The van der Waals surface area contributed by atoms with Crippen molar-refractivity contribution in [1.82, 2.24) is 34.9 Å². The van der Waals surface area contributed by atoms with E-state index in [1.54, 1.807) is 6.07 Å². The molecule has 0 saturated heterocycles. The second kappa shape index (κ2) is 9.73. The Morgan fingerprint density at radius 3 is 2.65 bits per heavy atom. The van der Waals surface area contributed by atoms with E-state index in [9.17, 15) is 4.39 Å². The van der Waals surface area contributed by atoms with Gasteiger partial charge in [0.25, 0.3) is 0 Å². The van der Waals surface area contributed by atoms with Crippen LogP contribution in [0.4, 0.5) is 20.5 Å². The molecular formula is C26H30F2N8O. The normalized spacial score (nSPS) is 14.2. The number of nitrogens with zero attached hydrogens (tertiary/aromatic N) is 6. The van der Waals surface area contributed by atoms with Crippen molar-refractivity contribution in [2.75, 3.05) is 25.0 Å². The summed E-state index contributed by atoms with van der Waals surface area (Å²) in [6, 6.07) is 6.79. The van der Waals surface area contributed by atoms with Gasteiger partial charge in [-0.1, -0.05) is 6.07 Å². The summed E-state index contributed by atoms with van der Waals surface area (Å²) in [5.74, 6) is 0.196. The SMILES string of the molecule is Cc1nc2c(F)cc(-c3nc(Nc4ccc5c(n4)CCN(CCNO)C5)ncc3F)cc2n1C(C)(C)C. The third-order valence-electron chi connectivity index (χ3n) is 6.48. The Hall–Kier alpha value is -3.54. The summed E-state index contributed by atoms with van der Waals surface area (Å²) in [4.78, 5) is 19.8. The number of pyridine rings is 1. The van der Waals surface area contributed by atoms with Crippen molar-refractivity contribution < 1.29 is 14.0 Å². The number of rotatable bonds is 6. The number of halogens is 2. The van der Waals surface area contributed by atoms with Crippen LogP contribution < -0.4 is 10.8 Å². The lowest BCUT2D eigenvalue weighted by Crippen LogP contribution is -2.35. The lowest BCUT2D eigenvalue weighted by Gasteiger charge is -2.28. The number of hydrogen-bond acceptors (Lipinski definition) is 8. The van der Waals surface area contributed by atoms with E-state index in [0.717, 1.165) is 43.5 Å². The van der Waals surface area contributed by atoms with Gasteiger partial charge in [0.2, 0.25) is 5.95 Å². The molecule has 37 heavy (non-hydrogen) atoms. The van der Waals surface area contributed by atoms with Gasteiger partial charge in [-0.05, 0) is 51.5 Å². The molecule has 4 heterocycles. The largest absolute Gasteiger partial charge is 0.323 e. The van der Waals surface area contributed by atoms with E-state index in [-0.39, 0.29) is 22.7 Å². The Morgan fingerprint density at radius 2 is 1.89 bits per heavy atom. The Labute approximate surface area is 213 Å². The van der Waals surface area contributed by atoms with Crippen LogP contribution in [0.15, 0.2) is 30.5 Å². The van der Waals surface area contributed by atoms with E-state index in [2.05, 4.69) is 30.6 Å². The van der Waals surface area contributed by atoms with E-state index in [1.165, 1.54) is 6.07 Å². The van der Waals surface area contributed by atoms with Crippen LogP contribution in [0.2, 0.25) is 0 Å². The fourth-order valence-electron chi connectivity index (χ4n) is 4.92. The smallest absolute Gasteiger partial charge is 0.229 e. The number of anilines is 2. The van der Waals surface area contributed by atoms with Crippen molar-refractivity contribution in [3.05, 3.63) is 59.2 Å². The minimum absolute atomic E-state index is 0.0105. The number of hydroxylamine groups is 1. The monoisotopic (exact) mass is 508 g/mol. The molecule has 194 valence electrons. The predicted molar refractivity (Wildman–Crippen MR) is 137 cm³/mol. The maximum Gasteiger partial charge on any atom is 0.229 e. The Morgan fingerprint density at radius 1 is 1.08 bits per heavy atom. The van der Waals surface area contributed by atoms with Crippen molar-refractivity contribution in [3.63, 3.8) is 0 Å². The fourth-order valence-corrected chi connectivity index (χ4v) is 4.92. The maximum atomic E-state index is 15.1. The van der Waals surface area contributed by atoms with Gasteiger partial charge in [0.05, 0.1) is 11.7 Å². The molecule has 1 aromatic carbocycles. The van der Waals surface area contributed by atoms with Gasteiger partial charge < -0.3 is 15.1 Å². The van der Waals surface area contributed by atoms with Crippen molar-refractivity contribution in [2.45, 2.75) is 46.2 Å². The molecular weight excluding hydrogens is 478 g/mol. The molecule has 0 atom stereocenters. The molecule has 4 aromatic rings. The van der Waals surface area contributed by atoms with Crippen LogP contribution in [-0.4, -0.2) is 54.2 Å². The van der Waals surface area contributed by atoms with Gasteiger partial charge in [-0.25, -0.2) is 34.2 Å². The molecule has 0 unspecified atom stereocenters. The summed E-state index contributed by atoms with van der Waals surface area (Å²) in [5.41, 5.74) is 5.04. The van der Waals surface area contributed by atoms with Gasteiger partial charge in [0.15, 0.2) is 11.6 Å². The standard InChI is InChI=1S/C26H30F2N8O/c1-15-31-24-18(27)11-17(12-21(24)36(15)26(2,3)4)23-19(28)13-29-25(34-23)33-22-6-5-16-14-35(10-8-30-37)9-7-20(16)32-22/h5-6,11-13,30,37H,7-10,14H2,1-4H3,(H,29,32,33,34). The first kappa shape index (κ1) is 25.1. The Kier molecular flexibility index (Phi) is 6.61. The number of aromatic nitrogens is 5. The second-order valence-corrected chi connectivity index (χ2v) is 10.2. The molecule has 1 aliphatic heterocycles. The molecule has 0 fully saturated rings. The van der Waals surface area contributed by atoms with E-state index in [4.69, 9.17) is 10.2 Å². The summed E-state index contributed by atoms with van der Waals surface area (Å²) in [6.45, 7) is 10.7. The zero-order valence-corrected chi connectivity index (χ0v) is 21.3. The molecule has 0 radical (unpaired) electrons. The number of imidazole rings is 1. The highest BCUT2D eigenvalue weighted by atomic mass is 19.1. The summed E-state index contributed by atoms with van der Waals surface area (Å²) in [7, 11) is 0. The van der Waals surface area contributed by atoms with Crippen molar-refractivity contribution in [1.29, 1.82) is 0 Å². The van der Waals surface area contributed by atoms with Crippen molar-refractivity contribution in [3.8, 4) is 11.3 Å². The van der Waals surface area contributed by atoms with Crippen LogP contribution in [0.25, 0.3) is 22.3 Å². The quantitative estimate of drug-likeness (QED) is 0.331. The average molecular weight is 509 g/mol. The second-order valence-electron chi connectivity index (χ2n) is 10.2. The molecule has 3 N–H and O–H groups in total. The average Bonchev–Trinajstić information content (AvgIpc) is 3.20. The highest BCUT2D eigenvalue weighted by Crippen LogP contribution is 2.32. The van der Waals surface area contributed by atoms with Gasteiger partial charge in [-0.2, -0.15) is 0 Å². The van der Waals surface area contributed by atoms with E-state index in [0.29, 0.717) is 29.3 Å². The number of fused-ring (bicyclic) bond motifs is 2. The predicted octanol–water partition coefficient (Wildman–Crippen LogP) is 4.31.